The van der Waals surface area contributed by atoms with Crippen LogP contribution in [-0.4, -0.2) is 11.3 Å². The van der Waals surface area contributed by atoms with E-state index in [1.807, 2.05) is 0 Å². The van der Waals surface area contributed by atoms with Gasteiger partial charge in [0, 0.05) is 17.8 Å². The molecule has 60 valence electrons. The first kappa shape index (κ1) is 8.41. The van der Waals surface area contributed by atoms with Crippen molar-refractivity contribution in [2.75, 3.05) is 0 Å². The van der Waals surface area contributed by atoms with Gasteiger partial charge in [0.25, 0.3) is 0 Å². The highest BCUT2D eigenvalue weighted by molar-refractivity contribution is 5.74. The average molecular weight is 163 g/mol. The molecule has 0 radical (unpaired) electrons. The van der Waals surface area contributed by atoms with Crippen LogP contribution in [0.25, 0.3) is 0 Å². The molecule has 0 aromatic carbocycles. The Balaban J connectivity index is 3.13. The van der Waals surface area contributed by atoms with Crippen molar-refractivity contribution in [3.05, 3.63) is 29.3 Å². The molecule has 0 aliphatic carbocycles. The largest absolute Gasteiger partial charge is 0.289 e. The number of pyridine rings is 1. The summed E-state index contributed by atoms with van der Waals surface area (Å²) in [5.74, 6) is 4.13. The molecule has 1 aromatic rings. The van der Waals surface area contributed by atoms with Crippen molar-refractivity contribution in [2.24, 2.45) is 0 Å². The van der Waals surface area contributed by atoms with E-state index in [4.69, 9.17) is 0 Å². The number of aryl methyl sites for hydroxylation is 1. The van der Waals surface area contributed by atoms with Crippen LogP contribution in [0.2, 0.25) is 0 Å². The lowest BCUT2D eigenvalue weighted by molar-refractivity contribution is -0.103. The van der Waals surface area contributed by atoms with Crippen molar-refractivity contribution >= 4 is 6.29 Å². The minimum atomic E-state index is -0.587. The lowest BCUT2D eigenvalue weighted by atomic mass is 10.2. The highest BCUT2D eigenvalue weighted by atomic mass is 19.1. The number of aromatic nitrogens is 1. The third-order valence-corrected chi connectivity index (χ3v) is 1.34. The van der Waals surface area contributed by atoms with Crippen molar-refractivity contribution in [3.63, 3.8) is 0 Å². The number of halogens is 1. The highest BCUT2D eigenvalue weighted by Gasteiger charge is 1.96. The Kier molecular flexibility index (Phi) is 2.54. The number of carbonyl (C=O) groups excluding carboxylic acids is 1. The van der Waals surface area contributed by atoms with Crippen LogP contribution in [0.1, 0.15) is 11.1 Å². The van der Waals surface area contributed by atoms with Crippen LogP contribution in [0.4, 0.5) is 4.39 Å². The van der Waals surface area contributed by atoms with E-state index >= 15 is 0 Å². The van der Waals surface area contributed by atoms with Crippen molar-refractivity contribution in [1.29, 1.82) is 0 Å². The second-order valence-electron chi connectivity index (χ2n) is 2.21. The molecule has 1 aromatic heterocycles. The van der Waals surface area contributed by atoms with Crippen molar-refractivity contribution in [3.8, 4) is 11.8 Å². The maximum absolute atomic E-state index is 12.5. The maximum atomic E-state index is 12.5. The van der Waals surface area contributed by atoms with Gasteiger partial charge in [-0.05, 0) is 18.4 Å². The van der Waals surface area contributed by atoms with Gasteiger partial charge in [0.2, 0.25) is 5.95 Å². The smallest absolute Gasteiger partial charge is 0.214 e. The summed E-state index contributed by atoms with van der Waals surface area (Å²) >= 11 is 0. The van der Waals surface area contributed by atoms with Crippen LogP contribution in [0.5, 0.6) is 0 Å². The van der Waals surface area contributed by atoms with Crippen LogP contribution in [0.3, 0.4) is 0 Å². The fourth-order valence-corrected chi connectivity index (χ4v) is 0.740. The number of aldehydes is 1. The molecule has 1 rings (SSSR count). The summed E-state index contributed by atoms with van der Waals surface area (Å²) in [6.07, 6.45) is 1.85. The van der Waals surface area contributed by atoms with Gasteiger partial charge in [0.05, 0.1) is 0 Å². The Morgan fingerprint density at radius 1 is 1.67 bits per heavy atom. The lowest BCUT2D eigenvalue weighted by Crippen LogP contribution is -1.88. The van der Waals surface area contributed by atoms with Crippen molar-refractivity contribution in [2.45, 2.75) is 6.92 Å². The molecule has 2 nitrogen and oxygen atoms in total. The standard InChI is InChI=1S/C9H6FNO/c1-7-6-11-9(10)5-8(7)3-2-4-12/h4-6H,1H3. The molecule has 0 saturated heterocycles. The van der Waals surface area contributed by atoms with E-state index in [2.05, 4.69) is 16.8 Å². The molecule has 0 saturated carbocycles. The second kappa shape index (κ2) is 3.63. The average Bonchev–Trinajstić information content (AvgIpc) is 2.07. The molecule has 0 atom stereocenters. The minimum Gasteiger partial charge on any atom is -0.289 e. The van der Waals surface area contributed by atoms with E-state index in [0.717, 1.165) is 5.56 Å². The summed E-state index contributed by atoms with van der Waals surface area (Å²) < 4.78 is 12.5. The van der Waals surface area contributed by atoms with Gasteiger partial charge in [0.1, 0.15) is 0 Å². The molecule has 0 bridgehead atoms. The van der Waals surface area contributed by atoms with Crippen LogP contribution < -0.4 is 0 Å². The Hall–Kier alpha value is -1.69. The molecule has 0 N–H and O–H groups in total. The normalized spacial score (nSPS) is 8.50. The second-order valence-corrected chi connectivity index (χ2v) is 2.21. The summed E-state index contributed by atoms with van der Waals surface area (Å²) in [6, 6.07) is 1.20. The molecule has 0 aliphatic heterocycles. The summed E-state index contributed by atoms with van der Waals surface area (Å²) in [7, 11) is 0. The van der Waals surface area contributed by atoms with Gasteiger partial charge in [-0.25, -0.2) is 4.98 Å². The van der Waals surface area contributed by atoms with E-state index in [1.165, 1.54) is 12.3 Å². The Morgan fingerprint density at radius 3 is 3.08 bits per heavy atom. The maximum Gasteiger partial charge on any atom is 0.214 e. The van der Waals surface area contributed by atoms with Crippen LogP contribution in [0.15, 0.2) is 12.3 Å². The number of carbonyl (C=O) groups is 1. The third-order valence-electron chi connectivity index (χ3n) is 1.34. The first-order chi connectivity index (χ1) is 5.74. The van der Waals surface area contributed by atoms with Crippen LogP contribution in [0, 0.1) is 24.7 Å². The van der Waals surface area contributed by atoms with E-state index in [-0.39, 0.29) is 0 Å². The lowest BCUT2D eigenvalue weighted by Gasteiger charge is -1.94. The summed E-state index contributed by atoms with van der Waals surface area (Å²) in [5.41, 5.74) is 1.25. The zero-order chi connectivity index (χ0) is 8.97. The Morgan fingerprint density at radius 2 is 2.42 bits per heavy atom. The zero-order valence-corrected chi connectivity index (χ0v) is 6.47. The molecule has 3 heteroatoms. The van der Waals surface area contributed by atoms with Gasteiger partial charge in [-0.1, -0.05) is 5.92 Å². The Labute approximate surface area is 69.4 Å². The topological polar surface area (TPSA) is 30.0 Å². The first-order valence-electron chi connectivity index (χ1n) is 3.31. The van der Waals surface area contributed by atoms with E-state index in [0.29, 0.717) is 11.8 Å². The molecule has 1 heterocycles. The highest BCUT2D eigenvalue weighted by Crippen LogP contribution is 2.04. The summed E-state index contributed by atoms with van der Waals surface area (Å²) in [5, 5.41) is 0. The SMILES string of the molecule is Cc1cnc(F)cc1C#CC=O. The van der Waals surface area contributed by atoms with Gasteiger partial charge in [-0.2, -0.15) is 4.39 Å². The van der Waals surface area contributed by atoms with E-state index in [9.17, 15) is 9.18 Å². The molecule has 0 fully saturated rings. The van der Waals surface area contributed by atoms with Gasteiger partial charge in [-0.3, -0.25) is 4.79 Å². The molecular formula is C9H6FNO. The van der Waals surface area contributed by atoms with Gasteiger partial charge >= 0.3 is 0 Å². The van der Waals surface area contributed by atoms with Gasteiger partial charge in [0.15, 0.2) is 6.29 Å². The molecular weight excluding hydrogens is 157 g/mol. The van der Waals surface area contributed by atoms with Crippen molar-refractivity contribution in [1.82, 2.24) is 4.98 Å². The minimum absolute atomic E-state index is 0.470. The summed E-state index contributed by atoms with van der Waals surface area (Å²) in [4.78, 5) is 13.3. The number of rotatable bonds is 0. The third kappa shape index (κ3) is 1.89. The quantitative estimate of drug-likeness (QED) is 0.325. The zero-order valence-electron chi connectivity index (χ0n) is 6.47. The first-order valence-corrected chi connectivity index (χ1v) is 3.31. The van der Waals surface area contributed by atoms with Crippen LogP contribution in [-0.2, 0) is 4.79 Å². The van der Waals surface area contributed by atoms with Gasteiger partial charge < -0.3 is 0 Å². The van der Waals surface area contributed by atoms with Gasteiger partial charge in [-0.15, -0.1) is 0 Å². The molecule has 0 spiro atoms. The summed E-state index contributed by atoms with van der Waals surface area (Å²) in [6.45, 7) is 1.75. The number of hydrogen-bond donors (Lipinski definition) is 0. The molecule has 0 amide bonds. The fourth-order valence-electron chi connectivity index (χ4n) is 0.740. The predicted molar refractivity (Wildman–Crippen MR) is 41.9 cm³/mol. The van der Waals surface area contributed by atoms with Crippen molar-refractivity contribution < 1.29 is 9.18 Å². The monoisotopic (exact) mass is 163 g/mol. The fraction of sp³-hybridized carbons (Fsp3) is 0.111. The van der Waals surface area contributed by atoms with E-state index < -0.39 is 5.95 Å². The predicted octanol–water partition coefficient (Wildman–Crippen LogP) is 1.08. The molecule has 0 unspecified atom stereocenters. The molecule has 0 aliphatic rings. The Bertz CT molecular complexity index is 363. The van der Waals surface area contributed by atoms with Crippen LogP contribution >= 0.6 is 0 Å². The van der Waals surface area contributed by atoms with E-state index in [1.54, 1.807) is 6.92 Å². The number of nitrogens with zero attached hydrogens (tertiary/aromatic N) is 1. The molecule has 12 heavy (non-hydrogen) atoms. The number of hydrogen-bond acceptors (Lipinski definition) is 2.